The molecule has 2 N–H and O–H groups in total. The minimum atomic E-state index is 0.0425. The van der Waals surface area contributed by atoms with Gasteiger partial charge in [0, 0.05) is 12.2 Å². The smallest absolute Gasteiger partial charge is 0.239 e. The lowest BCUT2D eigenvalue weighted by Crippen LogP contribution is -2.32. The highest BCUT2D eigenvalue weighted by Gasteiger charge is 2.03. The molecular weight excluding hydrogens is 224 g/mol. The summed E-state index contributed by atoms with van der Waals surface area (Å²) in [6.45, 7) is 9.48. The van der Waals surface area contributed by atoms with Crippen molar-refractivity contribution in [1.82, 2.24) is 5.32 Å². The zero-order valence-electron chi connectivity index (χ0n) is 11.8. The largest absolute Gasteiger partial charge is 0.376 e. The third kappa shape index (κ3) is 4.78. The van der Waals surface area contributed by atoms with Crippen LogP contribution < -0.4 is 10.6 Å². The van der Waals surface area contributed by atoms with Crippen LogP contribution in [0.15, 0.2) is 18.2 Å². The van der Waals surface area contributed by atoms with Crippen LogP contribution in [-0.2, 0) is 11.2 Å². The zero-order chi connectivity index (χ0) is 13.5. The first-order valence-electron chi connectivity index (χ1n) is 6.63. The average Bonchev–Trinajstić information content (AvgIpc) is 2.34. The van der Waals surface area contributed by atoms with Crippen molar-refractivity contribution in [2.45, 2.75) is 34.1 Å². The Labute approximate surface area is 110 Å². The number of hydrogen-bond donors (Lipinski definition) is 2. The maximum atomic E-state index is 11.6. The molecule has 1 aromatic carbocycles. The molecule has 3 nitrogen and oxygen atoms in total. The molecule has 0 radical (unpaired) electrons. The topological polar surface area (TPSA) is 41.1 Å². The number of benzene rings is 1. The zero-order valence-corrected chi connectivity index (χ0v) is 11.8. The van der Waals surface area contributed by atoms with Crippen molar-refractivity contribution in [2.75, 3.05) is 18.4 Å². The van der Waals surface area contributed by atoms with Crippen molar-refractivity contribution < 1.29 is 4.79 Å². The van der Waals surface area contributed by atoms with E-state index in [1.54, 1.807) is 0 Å². The highest BCUT2D eigenvalue weighted by Crippen LogP contribution is 2.15. The van der Waals surface area contributed by atoms with Gasteiger partial charge in [-0.25, -0.2) is 0 Å². The minimum absolute atomic E-state index is 0.0425. The summed E-state index contributed by atoms with van der Waals surface area (Å²) in [4.78, 5) is 11.6. The first-order chi connectivity index (χ1) is 8.52. The van der Waals surface area contributed by atoms with Gasteiger partial charge >= 0.3 is 0 Å². The Bertz CT molecular complexity index is 399. The summed E-state index contributed by atoms with van der Waals surface area (Å²) in [7, 11) is 0. The van der Waals surface area contributed by atoms with Gasteiger partial charge in [0.1, 0.15) is 0 Å². The van der Waals surface area contributed by atoms with Gasteiger partial charge in [-0.2, -0.15) is 0 Å². The molecule has 0 bridgehead atoms. The summed E-state index contributed by atoms with van der Waals surface area (Å²) in [6, 6.07) is 6.24. The second-order valence-electron chi connectivity index (χ2n) is 5.05. The Morgan fingerprint density at radius 3 is 2.61 bits per heavy atom. The second kappa shape index (κ2) is 7.04. The summed E-state index contributed by atoms with van der Waals surface area (Å²) in [5.41, 5.74) is 3.62. The van der Waals surface area contributed by atoms with Crippen LogP contribution in [0.25, 0.3) is 0 Å². The van der Waals surface area contributed by atoms with Crippen LogP contribution in [0.1, 0.15) is 31.9 Å². The molecule has 18 heavy (non-hydrogen) atoms. The Balaban J connectivity index is 2.43. The molecular formula is C15H24N2O. The summed E-state index contributed by atoms with van der Waals surface area (Å²) < 4.78 is 0. The third-order valence-electron chi connectivity index (χ3n) is 2.88. The molecule has 0 aliphatic rings. The van der Waals surface area contributed by atoms with Crippen LogP contribution in [0.4, 0.5) is 5.69 Å². The van der Waals surface area contributed by atoms with Crippen molar-refractivity contribution in [1.29, 1.82) is 0 Å². The van der Waals surface area contributed by atoms with Crippen molar-refractivity contribution in [3.63, 3.8) is 0 Å². The third-order valence-corrected chi connectivity index (χ3v) is 2.88. The maximum absolute atomic E-state index is 11.6. The summed E-state index contributed by atoms with van der Waals surface area (Å²) in [6.07, 6.45) is 1.04. The molecule has 1 aromatic rings. The molecule has 0 aromatic heterocycles. The van der Waals surface area contributed by atoms with Gasteiger partial charge in [0.2, 0.25) is 5.91 Å². The molecule has 0 spiro atoms. The highest BCUT2D eigenvalue weighted by atomic mass is 16.1. The van der Waals surface area contributed by atoms with Gasteiger partial charge in [-0.3, -0.25) is 4.79 Å². The van der Waals surface area contributed by atoms with E-state index in [9.17, 15) is 4.79 Å². The van der Waals surface area contributed by atoms with Crippen molar-refractivity contribution in [2.24, 2.45) is 5.92 Å². The van der Waals surface area contributed by atoms with Gasteiger partial charge in [0.15, 0.2) is 0 Å². The van der Waals surface area contributed by atoms with Crippen LogP contribution in [0.5, 0.6) is 0 Å². The quantitative estimate of drug-likeness (QED) is 0.812. The fraction of sp³-hybridized carbons (Fsp3) is 0.533. The molecule has 0 aliphatic heterocycles. The molecule has 0 saturated heterocycles. The number of amides is 1. The molecule has 1 rings (SSSR count). The van der Waals surface area contributed by atoms with Crippen molar-refractivity contribution in [3.8, 4) is 0 Å². The number of hydrogen-bond acceptors (Lipinski definition) is 2. The van der Waals surface area contributed by atoms with Gasteiger partial charge in [0.05, 0.1) is 6.54 Å². The van der Waals surface area contributed by atoms with E-state index >= 15 is 0 Å². The molecule has 3 heteroatoms. The van der Waals surface area contributed by atoms with Crippen LogP contribution in [0.2, 0.25) is 0 Å². The molecule has 0 atom stereocenters. The van der Waals surface area contributed by atoms with E-state index in [0.29, 0.717) is 12.5 Å². The highest BCUT2D eigenvalue weighted by molar-refractivity contribution is 5.80. The normalized spacial score (nSPS) is 10.5. The molecule has 0 saturated carbocycles. The van der Waals surface area contributed by atoms with E-state index in [1.807, 2.05) is 6.07 Å². The predicted octanol–water partition coefficient (Wildman–Crippen LogP) is 2.74. The predicted molar refractivity (Wildman–Crippen MR) is 76.9 cm³/mol. The van der Waals surface area contributed by atoms with Crippen molar-refractivity contribution >= 4 is 11.6 Å². The van der Waals surface area contributed by atoms with E-state index < -0.39 is 0 Å². The summed E-state index contributed by atoms with van der Waals surface area (Å²) >= 11 is 0. The number of rotatable bonds is 6. The fourth-order valence-electron chi connectivity index (χ4n) is 1.77. The summed E-state index contributed by atoms with van der Waals surface area (Å²) in [5.74, 6) is 0.529. The van der Waals surface area contributed by atoms with E-state index in [2.05, 4.69) is 50.5 Å². The first-order valence-corrected chi connectivity index (χ1v) is 6.63. The number of carbonyl (C=O) groups excluding carboxylic acids is 1. The van der Waals surface area contributed by atoms with E-state index in [-0.39, 0.29) is 5.91 Å². The number of anilines is 1. The SMILES string of the molecule is CCc1ccc(NCC(=O)NCC(C)C)cc1C. The van der Waals surface area contributed by atoms with Crippen LogP contribution in [0.3, 0.4) is 0 Å². The standard InChI is InChI=1S/C15H24N2O/c1-5-13-6-7-14(8-12(13)4)16-10-15(18)17-9-11(2)3/h6-8,11,16H,5,9-10H2,1-4H3,(H,17,18). The van der Waals surface area contributed by atoms with Crippen LogP contribution >= 0.6 is 0 Å². The van der Waals surface area contributed by atoms with Gasteiger partial charge in [-0.15, -0.1) is 0 Å². The Morgan fingerprint density at radius 1 is 1.33 bits per heavy atom. The van der Waals surface area contributed by atoms with Crippen LogP contribution in [0, 0.1) is 12.8 Å². The Hall–Kier alpha value is -1.51. The average molecular weight is 248 g/mol. The van der Waals surface area contributed by atoms with Gasteiger partial charge in [0.25, 0.3) is 0 Å². The minimum Gasteiger partial charge on any atom is -0.376 e. The van der Waals surface area contributed by atoms with Crippen LogP contribution in [-0.4, -0.2) is 19.0 Å². The second-order valence-corrected chi connectivity index (χ2v) is 5.05. The number of aryl methyl sites for hydroxylation is 2. The lowest BCUT2D eigenvalue weighted by molar-refractivity contribution is -0.119. The van der Waals surface area contributed by atoms with Gasteiger partial charge in [-0.05, 0) is 42.5 Å². The van der Waals surface area contributed by atoms with E-state index in [0.717, 1.165) is 18.7 Å². The fourth-order valence-corrected chi connectivity index (χ4v) is 1.77. The Morgan fingerprint density at radius 2 is 2.06 bits per heavy atom. The molecule has 0 fully saturated rings. The molecule has 0 unspecified atom stereocenters. The lowest BCUT2D eigenvalue weighted by Gasteiger charge is -2.11. The van der Waals surface area contributed by atoms with E-state index in [4.69, 9.17) is 0 Å². The molecule has 100 valence electrons. The number of nitrogens with one attached hydrogen (secondary N) is 2. The molecule has 0 heterocycles. The Kier molecular flexibility index (Phi) is 5.69. The van der Waals surface area contributed by atoms with Gasteiger partial charge < -0.3 is 10.6 Å². The maximum Gasteiger partial charge on any atom is 0.239 e. The first kappa shape index (κ1) is 14.6. The van der Waals surface area contributed by atoms with Crippen molar-refractivity contribution in [3.05, 3.63) is 29.3 Å². The molecule has 0 aliphatic carbocycles. The molecule has 1 amide bonds. The monoisotopic (exact) mass is 248 g/mol. The van der Waals surface area contributed by atoms with Gasteiger partial charge in [-0.1, -0.05) is 26.8 Å². The summed E-state index contributed by atoms with van der Waals surface area (Å²) in [5, 5.41) is 6.04. The lowest BCUT2D eigenvalue weighted by atomic mass is 10.1. The number of carbonyl (C=O) groups is 1. The van der Waals surface area contributed by atoms with E-state index in [1.165, 1.54) is 11.1 Å².